The molecule has 0 amide bonds. The molecule has 0 saturated carbocycles. The lowest BCUT2D eigenvalue weighted by Crippen LogP contribution is -2.52. The fourth-order valence-corrected chi connectivity index (χ4v) is 1.41. The van der Waals surface area contributed by atoms with Crippen LogP contribution in [0.25, 0.3) is 0 Å². The van der Waals surface area contributed by atoms with Gasteiger partial charge in [-0.1, -0.05) is 13.3 Å². The number of nitrogens with one attached hydrogen (secondary N) is 2. The van der Waals surface area contributed by atoms with Crippen molar-refractivity contribution in [3.05, 3.63) is 0 Å². The molecule has 0 aromatic heterocycles. The zero-order valence-corrected chi connectivity index (χ0v) is 7.73. The summed E-state index contributed by atoms with van der Waals surface area (Å²) < 4.78 is 0. The predicted molar refractivity (Wildman–Crippen MR) is 49.2 cm³/mol. The Morgan fingerprint density at radius 3 is 2.92 bits per heavy atom. The Bertz CT molecular complexity index is 141. The van der Waals surface area contributed by atoms with Crippen LogP contribution in [0.3, 0.4) is 0 Å². The van der Waals surface area contributed by atoms with Crippen LogP contribution in [0.15, 0.2) is 0 Å². The van der Waals surface area contributed by atoms with Crippen molar-refractivity contribution in [1.29, 1.82) is 0 Å². The molecule has 3 nitrogen and oxygen atoms in total. The highest BCUT2D eigenvalue weighted by Gasteiger charge is 2.18. The first-order chi connectivity index (χ1) is 5.84. The summed E-state index contributed by atoms with van der Waals surface area (Å²) in [5, 5.41) is 6.42. The largest absolute Gasteiger partial charge is 0.313 e. The number of ketones is 1. The maximum absolute atomic E-state index is 11.5. The molecule has 1 heterocycles. The van der Waals surface area contributed by atoms with E-state index < -0.39 is 0 Å². The molecule has 1 aliphatic rings. The number of carbonyl (C=O) groups is 1. The monoisotopic (exact) mass is 170 g/mol. The second-order valence-corrected chi connectivity index (χ2v) is 3.28. The van der Waals surface area contributed by atoms with Crippen LogP contribution in [0.5, 0.6) is 0 Å². The van der Waals surface area contributed by atoms with E-state index in [2.05, 4.69) is 17.6 Å². The second kappa shape index (κ2) is 5.27. The topological polar surface area (TPSA) is 41.1 Å². The lowest BCUT2D eigenvalue weighted by molar-refractivity contribution is -0.121. The molecule has 0 aromatic carbocycles. The molecular weight excluding hydrogens is 152 g/mol. The quantitative estimate of drug-likeness (QED) is 0.638. The minimum absolute atomic E-state index is 0.0744. The number of hydrogen-bond acceptors (Lipinski definition) is 3. The molecule has 2 N–H and O–H groups in total. The van der Waals surface area contributed by atoms with E-state index in [1.165, 1.54) is 0 Å². The van der Waals surface area contributed by atoms with Gasteiger partial charge < -0.3 is 10.6 Å². The van der Waals surface area contributed by atoms with Crippen LogP contribution in [0, 0.1) is 0 Å². The van der Waals surface area contributed by atoms with Crippen LogP contribution in [-0.2, 0) is 4.79 Å². The molecule has 70 valence electrons. The molecule has 0 spiro atoms. The van der Waals surface area contributed by atoms with E-state index >= 15 is 0 Å². The highest BCUT2D eigenvalue weighted by molar-refractivity contribution is 5.84. The second-order valence-electron chi connectivity index (χ2n) is 3.28. The Kier molecular flexibility index (Phi) is 4.25. The first-order valence-electron chi connectivity index (χ1n) is 4.81. The normalized spacial score (nSPS) is 23.9. The molecular formula is C9H18N2O. The summed E-state index contributed by atoms with van der Waals surface area (Å²) in [6.45, 7) is 4.82. The number of unbranched alkanes of at least 4 members (excludes halogenated alkanes) is 1. The van der Waals surface area contributed by atoms with Crippen LogP contribution < -0.4 is 10.6 Å². The number of carbonyl (C=O) groups excluding carboxylic acids is 1. The third kappa shape index (κ3) is 2.91. The van der Waals surface area contributed by atoms with E-state index in [1.54, 1.807) is 0 Å². The van der Waals surface area contributed by atoms with Gasteiger partial charge in [0.15, 0.2) is 5.78 Å². The van der Waals surface area contributed by atoms with Crippen molar-refractivity contribution in [2.45, 2.75) is 32.2 Å². The van der Waals surface area contributed by atoms with Gasteiger partial charge >= 0.3 is 0 Å². The summed E-state index contributed by atoms with van der Waals surface area (Å²) in [6, 6.07) is 0.0744. The Labute approximate surface area is 73.9 Å². The molecule has 0 aliphatic carbocycles. The first-order valence-corrected chi connectivity index (χ1v) is 4.81. The van der Waals surface area contributed by atoms with E-state index in [9.17, 15) is 4.79 Å². The maximum Gasteiger partial charge on any atom is 0.151 e. The maximum atomic E-state index is 11.5. The van der Waals surface area contributed by atoms with Crippen LogP contribution >= 0.6 is 0 Å². The molecule has 1 rings (SSSR count). The molecule has 1 atom stereocenters. The van der Waals surface area contributed by atoms with E-state index in [0.29, 0.717) is 5.78 Å². The minimum atomic E-state index is 0.0744. The van der Waals surface area contributed by atoms with Crippen molar-refractivity contribution < 1.29 is 4.79 Å². The van der Waals surface area contributed by atoms with Gasteiger partial charge in [0.25, 0.3) is 0 Å². The molecule has 1 aliphatic heterocycles. The van der Waals surface area contributed by atoms with E-state index in [0.717, 1.165) is 38.9 Å². The van der Waals surface area contributed by atoms with Crippen molar-refractivity contribution in [3.8, 4) is 0 Å². The van der Waals surface area contributed by atoms with E-state index in [4.69, 9.17) is 0 Å². The SMILES string of the molecule is CCCCC(=O)C1CNCCN1. The Balaban J connectivity index is 2.20. The average Bonchev–Trinajstić information content (AvgIpc) is 2.15. The highest BCUT2D eigenvalue weighted by Crippen LogP contribution is 2.00. The predicted octanol–water partition coefficient (Wildman–Crippen LogP) is 0.307. The Morgan fingerprint density at radius 2 is 2.33 bits per heavy atom. The standard InChI is InChI=1S/C9H18N2O/c1-2-3-4-9(12)8-7-10-5-6-11-8/h8,10-11H,2-7H2,1H3. The summed E-state index contributed by atoms with van der Waals surface area (Å²) in [4.78, 5) is 11.5. The number of hydrogen-bond donors (Lipinski definition) is 2. The van der Waals surface area contributed by atoms with Crippen LogP contribution in [0.4, 0.5) is 0 Å². The average molecular weight is 170 g/mol. The van der Waals surface area contributed by atoms with Gasteiger partial charge in [-0.3, -0.25) is 4.79 Å². The van der Waals surface area contributed by atoms with Gasteiger partial charge in [-0.15, -0.1) is 0 Å². The first kappa shape index (κ1) is 9.68. The summed E-state index contributed by atoms with van der Waals surface area (Å²) in [7, 11) is 0. The summed E-state index contributed by atoms with van der Waals surface area (Å²) >= 11 is 0. The molecule has 3 heteroatoms. The summed E-state index contributed by atoms with van der Waals surface area (Å²) in [6.07, 6.45) is 2.86. The number of Topliss-reactive ketones (excluding diaryl/α,β-unsaturated/α-hetero) is 1. The summed E-state index contributed by atoms with van der Waals surface area (Å²) in [5.41, 5.74) is 0. The van der Waals surface area contributed by atoms with Gasteiger partial charge in [-0.05, 0) is 6.42 Å². The molecule has 0 aromatic rings. The van der Waals surface area contributed by atoms with Gasteiger partial charge in [-0.2, -0.15) is 0 Å². The molecule has 0 bridgehead atoms. The van der Waals surface area contributed by atoms with Crippen molar-refractivity contribution in [2.24, 2.45) is 0 Å². The Hall–Kier alpha value is -0.410. The van der Waals surface area contributed by atoms with Crippen molar-refractivity contribution in [2.75, 3.05) is 19.6 Å². The molecule has 0 radical (unpaired) electrons. The molecule has 1 unspecified atom stereocenters. The van der Waals surface area contributed by atoms with Crippen LogP contribution in [0.2, 0.25) is 0 Å². The van der Waals surface area contributed by atoms with Crippen molar-refractivity contribution >= 4 is 5.78 Å². The van der Waals surface area contributed by atoms with Crippen LogP contribution in [-0.4, -0.2) is 31.5 Å². The third-order valence-corrected chi connectivity index (χ3v) is 2.21. The fourth-order valence-electron chi connectivity index (χ4n) is 1.41. The van der Waals surface area contributed by atoms with Crippen molar-refractivity contribution in [3.63, 3.8) is 0 Å². The lowest BCUT2D eigenvalue weighted by atomic mass is 10.1. The highest BCUT2D eigenvalue weighted by atomic mass is 16.1. The van der Waals surface area contributed by atoms with E-state index in [1.807, 2.05) is 0 Å². The number of piperazine rings is 1. The minimum Gasteiger partial charge on any atom is -0.313 e. The number of rotatable bonds is 4. The van der Waals surface area contributed by atoms with E-state index in [-0.39, 0.29) is 6.04 Å². The van der Waals surface area contributed by atoms with Crippen LogP contribution in [0.1, 0.15) is 26.2 Å². The lowest BCUT2D eigenvalue weighted by Gasteiger charge is -2.23. The smallest absolute Gasteiger partial charge is 0.151 e. The van der Waals surface area contributed by atoms with Gasteiger partial charge in [0.1, 0.15) is 0 Å². The third-order valence-electron chi connectivity index (χ3n) is 2.21. The summed E-state index contributed by atoms with van der Waals surface area (Å²) in [5.74, 6) is 0.365. The zero-order chi connectivity index (χ0) is 8.81. The molecule has 1 fully saturated rings. The zero-order valence-electron chi connectivity index (χ0n) is 7.73. The van der Waals surface area contributed by atoms with Gasteiger partial charge in [0, 0.05) is 26.1 Å². The van der Waals surface area contributed by atoms with Gasteiger partial charge in [-0.25, -0.2) is 0 Å². The molecule has 1 saturated heterocycles. The van der Waals surface area contributed by atoms with Gasteiger partial charge in [0.05, 0.1) is 6.04 Å². The van der Waals surface area contributed by atoms with Gasteiger partial charge in [0.2, 0.25) is 0 Å². The van der Waals surface area contributed by atoms with Crippen molar-refractivity contribution in [1.82, 2.24) is 10.6 Å². The Morgan fingerprint density at radius 1 is 1.50 bits per heavy atom. The fraction of sp³-hybridized carbons (Fsp3) is 0.889. The molecule has 12 heavy (non-hydrogen) atoms.